The second-order valence-corrected chi connectivity index (χ2v) is 4.80. The molecule has 1 aromatic heterocycles. The number of hydrogen-bond acceptors (Lipinski definition) is 0. The summed E-state index contributed by atoms with van der Waals surface area (Å²) in [6.45, 7) is 2.15. The third kappa shape index (κ3) is 2.14. The van der Waals surface area contributed by atoms with E-state index in [0.29, 0.717) is 5.52 Å². The monoisotopic (exact) mass is 253 g/mol. The zero-order valence-electron chi connectivity index (χ0n) is 10.9. The molecule has 0 saturated heterocycles. The molecular formula is C17H16FN. The Morgan fingerprint density at radius 1 is 1.05 bits per heavy atom. The first-order valence-electron chi connectivity index (χ1n) is 6.61. The summed E-state index contributed by atoms with van der Waals surface area (Å²) in [7, 11) is 0. The Bertz CT molecular complexity index is 685. The lowest BCUT2D eigenvalue weighted by Gasteiger charge is -2.13. The van der Waals surface area contributed by atoms with Gasteiger partial charge in [0.1, 0.15) is 5.82 Å². The Balaban J connectivity index is 2.09. The molecule has 0 saturated carbocycles. The van der Waals surface area contributed by atoms with Crippen molar-refractivity contribution in [2.45, 2.75) is 19.3 Å². The number of fused-ring (bicyclic) bond motifs is 1. The van der Waals surface area contributed by atoms with Crippen molar-refractivity contribution in [1.29, 1.82) is 0 Å². The first-order chi connectivity index (χ1) is 9.29. The molecule has 96 valence electrons. The van der Waals surface area contributed by atoms with Crippen LogP contribution >= 0.6 is 0 Å². The largest absolute Gasteiger partial charge is 0.355 e. The number of aromatic nitrogens is 1. The molecule has 0 aliphatic rings. The van der Waals surface area contributed by atoms with Gasteiger partial charge in [0.2, 0.25) is 0 Å². The lowest BCUT2D eigenvalue weighted by atomic mass is 9.93. The first kappa shape index (κ1) is 12.0. The van der Waals surface area contributed by atoms with Crippen molar-refractivity contribution in [2.24, 2.45) is 0 Å². The highest BCUT2D eigenvalue weighted by atomic mass is 19.1. The van der Waals surface area contributed by atoms with E-state index in [9.17, 15) is 4.39 Å². The van der Waals surface area contributed by atoms with E-state index < -0.39 is 0 Å². The molecule has 0 spiro atoms. The van der Waals surface area contributed by atoms with Gasteiger partial charge >= 0.3 is 0 Å². The number of H-pyrrole nitrogens is 1. The molecule has 3 aromatic rings. The highest BCUT2D eigenvalue weighted by molar-refractivity contribution is 5.81. The molecule has 1 N–H and O–H groups in total. The van der Waals surface area contributed by atoms with Crippen LogP contribution in [0.25, 0.3) is 10.9 Å². The van der Waals surface area contributed by atoms with Gasteiger partial charge < -0.3 is 4.98 Å². The van der Waals surface area contributed by atoms with Crippen LogP contribution in [-0.4, -0.2) is 4.98 Å². The van der Waals surface area contributed by atoms with Crippen LogP contribution in [0.4, 0.5) is 4.39 Å². The number of rotatable bonds is 3. The number of nitrogens with one attached hydrogen (secondary N) is 1. The third-order valence-electron chi connectivity index (χ3n) is 3.61. The van der Waals surface area contributed by atoms with Crippen molar-refractivity contribution in [1.82, 2.24) is 4.98 Å². The molecule has 2 heteroatoms. The minimum Gasteiger partial charge on any atom is -0.355 e. The summed E-state index contributed by atoms with van der Waals surface area (Å²) >= 11 is 0. The average Bonchev–Trinajstić information content (AvgIpc) is 2.86. The molecule has 3 rings (SSSR count). The van der Waals surface area contributed by atoms with Crippen molar-refractivity contribution in [3.05, 3.63) is 71.7 Å². The van der Waals surface area contributed by atoms with Gasteiger partial charge in [0, 0.05) is 17.0 Å². The number of halogens is 1. The van der Waals surface area contributed by atoms with E-state index >= 15 is 0 Å². The normalized spacial score (nSPS) is 12.7. The summed E-state index contributed by atoms with van der Waals surface area (Å²) in [6.07, 6.45) is 0.985. The molecule has 1 nitrogen and oxygen atoms in total. The minimum absolute atomic E-state index is 0.188. The summed E-state index contributed by atoms with van der Waals surface area (Å²) < 4.78 is 13.7. The smallest absolute Gasteiger partial charge is 0.147 e. The molecular weight excluding hydrogens is 237 g/mol. The van der Waals surface area contributed by atoms with Crippen LogP contribution in [0.3, 0.4) is 0 Å². The molecule has 1 heterocycles. The van der Waals surface area contributed by atoms with Gasteiger partial charge in [0.05, 0.1) is 5.52 Å². The minimum atomic E-state index is -0.188. The SMILES string of the molecule is CCC(c1ccccc1)c1cc2cccc(F)c2[nH]1. The molecule has 2 aromatic carbocycles. The van der Waals surface area contributed by atoms with Crippen molar-refractivity contribution < 1.29 is 4.39 Å². The van der Waals surface area contributed by atoms with Crippen molar-refractivity contribution in [3.8, 4) is 0 Å². The fraction of sp³-hybridized carbons (Fsp3) is 0.176. The fourth-order valence-corrected chi connectivity index (χ4v) is 2.65. The van der Waals surface area contributed by atoms with Gasteiger partial charge in [0.25, 0.3) is 0 Å². The van der Waals surface area contributed by atoms with Crippen molar-refractivity contribution in [2.75, 3.05) is 0 Å². The Kier molecular flexibility index (Phi) is 3.08. The van der Waals surface area contributed by atoms with Crippen molar-refractivity contribution >= 4 is 10.9 Å². The Labute approximate surface area is 112 Å². The highest BCUT2D eigenvalue weighted by Gasteiger charge is 2.15. The van der Waals surface area contributed by atoms with E-state index in [1.165, 1.54) is 11.6 Å². The Hall–Kier alpha value is -2.09. The lowest BCUT2D eigenvalue weighted by Crippen LogP contribution is -1.99. The van der Waals surface area contributed by atoms with E-state index in [1.807, 2.05) is 24.3 Å². The molecule has 0 fully saturated rings. The predicted molar refractivity (Wildman–Crippen MR) is 76.8 cm³/mol. The first-order valence-corrected chi connectivity index (χ1v) is 6.61. The van der Waals surface area contributed by atoms with Crippen LogP contribution < -0.4 is 0 Å². The van der Waals surface area contributed by atoms with Gasteiger partial charge in [-0.25, -0.2) is 4.39 Å². The van der Waals surface area contributed by atoms with Crippen LogP contribution in [0.5, 0.6) is 0 Å². The summed E-state index contributed by atoms with van der Waals surface area (Å²) in [4.78, 5) is 3.24. The maximum absolute atomic E-state index is 13.7. The van der Waals surface area contributed by atoms with Crippen LogP contribution in [0, 0.1) is 5.82 Å². The topological polar surface area (TPSA) is 15.8 Å². The van der Waals surface area contributed by atoms with Crippen LogP contribution in [0.2, 0.25) is 0 Å². The molecule has 0 aliphatic carbocycles. The summed E-state index contributed by atoms with van der Waals surface area (Å²) in [5.74, 6) is 0.0969. The van der Waals surface area contributed by atoms with Gasteiger partial charge in [-0.05, 0) is 24.1 Å². The number of aromatic amines is 1. The summed E-state index contributed by atoms with van der Waals surface area (Å²) in [6, 6.07) is 17.6. The van der Waals surface area contributed by atoms with Gasteiger partial charge in [-0.15, -0.1) is 0 Å². The lowest BCUT2D eigenvalue weighted by molar-refractivity contribution is 0.636. The highest BCUT2D eigenvalue weighted by Crippen LogP contribution is 2.30. The molecule has 19 heavy (non-hydrogen) atoms. The van der Waals surface area contributed by atoms with Crippen LogP contribution in [0.1, 0.15) is 30.5 Å². The van der Waals surface area contributed by atoms with Gasteiger partial charge in [-0.1, -0.05) is 49.4 Å². The summed E-state index contributed by atoms with van der Waals surface area (Å²) in [5.41, 5.74) is 2.94. The molecule has 0 radical (unpaired) electrons. The fourth-order valence-electron chi connectivity index (χ4n) is 2.65. The van der Waals surface area contributed by atoms with Crippen molar-refractivity contribution in [3.63, 3.8) is 0 Å². The second kappa shape index (κ2) is 4.88. The maximum Gasteiger partial charge on any atom is 0.147 e. The predicted octanol–water partition coefficient (Wildman–Crippen LogP) is 4.85. The van der Waals surface area contributed by atoms with E-state index in [4.69, 9.17) is 0 Å². The number of benzene rings is 2. The van der Waals surface area contributed by atoms with E-state index in [1.54, 1.807) is 6.07 Å². The standard InChI is InChI=1S/C17H16FN/c1-2-14(12-7-4-3-5-8-12)16-11-13-9-6-10-15(18)17(13)19-16/h3-11,14,19H,2H2,1H3. The summed E-state index contributed by atoms with van der Waals surface area (Å²) in [5, 5.41) is 0.935. The van der Waals surface area contributed by atoms with E-state index in [2.05, 4.69) is 30.1 Å². The van der Waals surface area contributed by atoms with Crippen LogP contribution in [0.15, 0.2) is 54.6 Å². The Morgan fingerprint density at radius 3 is 2.53 bits per heavy atom. The number of para-hydroxylation sites is 1. The van der Waals surface area contributed by atoms with Gasteiger partial charge in [0.15, 0.2) is 0 Å². The Morgan fingerprint density at radius 2 is 1.84 bits per heavy atom. The van der Waals surface area contributed by atoms with E-state index in [0.717, 1.165) is 17.5 Å². The molecule has 0 aliphatic heterocycles. The zero-order chi connectivity index (χ0) is 13.2. The van der Waals surface area contributed by atoms with Gasteiger partial charge in [-0.2, -0.15) is 0 Å². The number of hydrogen-bond donors (Lipinski definition) is 1. The maximum atomic E-state index is 13.7. The zero-order valence-corrected chi connectivity index (χ0v) is 10.9. The third-order valence-corrected chi connectivity index (χ3v) is 3.61. The molecule has 0 amide bonds. The van der Waals surface area contributed by atoms with Crippen LogP contribution in [-0.2, 0) is 0 Å². The molecule has 1 unspecified atom stereocenters. The quantitative estimate of drug-likeness (QED) is 0.686. The average molecular weight is 253 g/mol. The van der Waals surface area contributed by atoms with E-state index in [-0.39, 0.29) is 11.7 Å². The second-order valence-electron chi connectivity index (χ2n) is 4.80. The molecule has 0 bridgehead atoms. The molecule has 1 atom stereocenters. The van der Waals surface area contributed by atoms with Gasteiger partial charge in [-0.3, -0.25) is 0 Å².